The van der Waals surface area contributed by atoms with E-state index in [2.05, 4.69) is 22.7 Å². The summed E-state index contributed by atoms with van der Waals surface area (Å²) in [5.41, 5.74) is 8.77. The standard InChI is InChI=1S/C19H23N3O3/c1-13-6-5-7-16(10-13)20-12-19(23)22-21-14(2)15-8-9-17(24-3)18(11-15)25-4/h5-11,20-21H,2,12H2,1,3-4H3,(H,22,23). The van der Waals surface area contributed by atoms with Crippen LogP contribution in [0.4, 0.5) is 5.69 Å². The van der Waals surface area contributed by atoms with Gasteiger partial charge in [0.15, 0.2) is 11.5 Å². The number of rotatable bonds is 8. The van der Waals surface area contributed by atoms with E-state index in [1.165, 1.54) is 0 Å². The van der Waals surface area contributed by atoms with Crippen molar-refractivity contribution in [1.82, 2.24) is 10.9 Å². The van der Waals surface area contributed by atoms with Crippen LogP contribution in [0, 0.1) is 6.92 Å². The summed E-state index contributed by atoms with van der Waals surface area (Å²) in [5, 5.41) is 3.06. The molecule has 2 aromatic carbocycles. The van der Waals surface area contributed by atoms with Crippen LogP contribution in [0.15, 0.2) is 49.0 Å². The van der Waals surface area contributed by atoms with Crippen molar-refractivity contribution < 1.29 is 14.3 Å². The Morgan fingerprint density at radius 1 is 1.04 bits per heavy atom. The minimum absolute atomic E-state index is 0.148. The lowest BCUT2D eigenvalue weighted by atomic mass is 10.1. The third kappa shape index (κ3) is 5.17. The minimum atomic E-state index is -0.205. The molecule has 1 amide bonds. The Hall–Kier alpha value is -3.15. The molecule has 0 aliphatic heterocycles. The number of carbonyl (C=O) groups is 1. The van der Waals surface area contributed by atoms with Crippen LogP contribution in [0.25, 0.3) is 5.70 Å². The molecule has 0 saturated heterocycles. The summed E-state index contributed by atoms with van der Waals surface area (Å²) in [6, 6.07) is 13.2. The molecule has 0 aromatic heterocycles. The molecule has 25 heavy (non-hydrogen) atoms. The second-order valence-corrected chi connectivity index (χ2v) is 5.44. The zero-order valence-corrected chi connectivity index (χ0v) is 14.7. The zero-order chi connectivity index (χ0) is 18.2. The Balaban J connectivity index is 1.85. The van der Waals surface area contributed by atoms with Gasteiger partial charge in [-0.1, -0.05) is 18.7 Å². The predicted octanol–water partition coefficient (Wildman–Crippen LogP) is 2.72. The van der Waals surface area contributed by atoms with Gasteiger partial charge in [0.05, 0.1) is 26.5 Å². The molecule has 0 radical (unpaired) electrons. The highest BCUT2D eigenvalue weighted by molar-refractivity contribution is 5.81. The highest BCUT2D eigenvalue weighted by atomic mass is 16.5. The largest absolute Gasteiger partial charge is 0.493 e. The van der Waals surface area contributed by atoms with Crippen molar-refractivity contribution in [2.75, 3.05) is 26.1 Å². The normalized spacial score (nSPS) is 9.88. The molecule has 0 atom stereocenters. The Bertz CT molecular complexity index is 759. The Kier molecular flexibility index (Phi) is 6.28. The third-order valence-electron chi connectivity index (χ3n) is 3.56. The molecule has 3 N–H and O–H groups in total. The lowest BCUT2D eigenvalue weighted by Gasteiger charge is -2.14. The number of anilines is 1. The van der Waals surface area contributed by atoms with Crippen molar-refractivity contribution in [2.45, 2.75) is 6.92 Å². The second kappa shape index (κ2) is 8.63. The first-order valence-electron chi connectivity index (χ1n) is 7.80. The van der Waals surface area contributed by atoms with Crippen LogP contribution in [0.5, 0.6) is 11.5 Å². The van der Waals surface area contributed by atoms with Crippen molar-refractivity contribution in [3.8, 4) is 11.5 Å². The van der Waals surface area contributed by atoms with Gasteiger partial charge >= 0.3 is 0 Å². The van der Waals surface area contributed by atoms with Gasteiger partial charge in [-0.2, -0.15) is 0 Å². The lowest BCUT2D eigenvalue weighted by Crippen LogP contribution is -2.39. The zero-order valence-electron chi connectivity index (χ0n) is 14.7. The molecule has 0 heterocycles. The van der Waals surface area contributed by atoms with Crippen molar-refractivity contribution in [3.05, 3.63) is 60.2 Å². The van der Waals surface area contributed by atoms with Gasteiger partial charge in [0.25, 0.3) is 5.91 Å². The van der Waals surface area contributed by atoms with E-state index in [-0.39, 0.29) is 12.5 Å². The Morgan fingerprint density at radius 3 is 2.48 bits per heavy atom. The van der Waals surface area contributed by atoms with Crippen LogP contribution in [0.2, 0.25) is 0 Å². The van der Waals surface area contributed by atoms with Crippen molar-refractivity contribution >= 4 is 17.3 Å². The molecule has 0 aliphatic carbocycles. The molecule has 2 rings (SSSR count). The molecule has 6 heteroatoms. The molecular formula is C19H23N3O3. The number of hydrogen-bond acceptors (Lipinski definition) is 5. The fourth-order valence-electron chi connectivity index (χ4n) is 2.22. The first-order chi connectivity index (χ1) is 12.0. The molecule has 0 fully saturated rings. The van der Waals surface area contributed by atoms with E-state index in [0.717, 1.165) is 16.8 Å². The lowest BCUT2D eigenvalue weighted by molar-refractivity contribution is -0.120. The number of benzene rings is 2. The number of hydrogen-bond donors (Lipinski definition) is 3. The quantitative estimate of drug-likeness (QED) is 0.644. The number of amides is 1. The SMILES string of the molecule is C=C(NNC(=O)CNc1cccc(C)c1)c1ccc(OC)c(OC)c1. The average Bonchev–Trinajstić information content (AvgIpc) is 2.63. The fourth-order valence-corrected chi connectivity index (χ4v) is 2.22. The van der Waals surface area contributed by atoms with Crippen molar-refractivity contribution in [3.63, 3.8) is 0 Å². The van der Waals surface area contributed by atoms with Crippen LogP contribution >= 0.6 is 0 Å². The summed E-state index contributed by atoms with van der Waals surface area (Å²) >= 11 is 0. The van der Waals surface area contributed by atoms with Crippen LogP contribution in [0.3, 0.4) is 0 Å². The molecule has 2 aromatic rings. The molecule has 0 aliphatic rings. The Labute approximate surface area is 147 Å². The van der Waals surface area contributed by atoms with Crippen LogP contribution in [-0.2, 0) is 4.79 Å². The van der Waals surface area contributed by atoms with E-state index < -0.39 is 0 Å². The van der Waals surface area contributed by atoms with Crippen LogP contribution in [-0.4, -0.2) is 26.7 Å². The minimum Gasteiger partial charge on any atom is -0.493 e. The fraction of sp³-hybridized carbons (Fsp3) is 0.211. The topological polar surface area (TPSA) is 71.6 Å². The smallest absolute Gasteiger partial charge is 0.257 e. The predicted molar refractivity (Wildman–Crippen MR) is 99.5 cm³/mol. The maximum Gasteiger partial charge on any atom is 0.257 e. The summed E-state index contributed by atoms with van der Waals surface area (Å²) in [6.45, 7) is 6.06. The number of methoxy groups -OCH3 is 2. The molecule has 0 bridgehead atoms. The molecule has 0 spiro atoms. The average molecular weight is 341 g/mol. The van der Waals surface area contributed by atoms with E-state index in [0.29, 0.717) is 17.2 Å². The van der Waals surface area contributed by atoms with Gasteiger partial charge < -0.3 is 14.8 Å². The van der Waals surface area contributed by atoms with Gasteiger partial charge in [0.1, 0.15) is 0 Å². The Morgan fingerprint density at radius 2 is 1.80 bits per heavy atom. The van der Waals surface area contributed by atoms with E-state index in [4.69, 9.17) is 9.47 Å². The molecule has 0 unspecified atom stereocenters. The van der Waals surface area contributed by atoms with Gasteiger partial charge in [0.2, 0.25) is 0 Å². The first kappa shape index (κ1) is 18.2. The van der Waals surface area contributed by atoms with Gasteiger partial charge in [-0.15, -0.1) is 0 Å². The summed E-state index contributed by atoms with van der Waals surface area (Å²) in [6.07, 6.45) is 0. The molecule has 0 saturated carbocycles. The third-order valence-corrected chi connectivity index (χ3v) is 3.56. The van der Waals surface area contributed by atoms with E-state index in [1.807, 2.05) is 37.3 Å². The summed E-state index contributed by atoms with van der Waals surface area (Å²) in [7, 11) is 3.14. The maximum absolute atomic E-state index is 11.9. The summed E-state index contributed by atoms with van der Waals surface area (Å²) < 4.78 is 10.5. The monoisotopic (exact) mass is 341 g/mol. The van der Waals surface area contributed by atoms with Gasteiger partial charge in [-0.05, 0) is 42.8 Å². The van der Waals surface area contributed by atoms with E-state index in [1.54, 1.807) is 26.4 Å². The first-order valence-corrected chi connectivity index (χ1v) is 7.80. The number of aryl methyl sites for hydroxylation is 1. The van der Waals surface area contributed by atoms with E-state index >= 15 is 0 Å². The summed E-state index contributed by atoms with van der Waals surface area (Å²) in [4.78, 5) is 11.9. The van der Waals surface area contributed by atoms with Crippen molar-refractivity contribution in [2.24, 2.45) is 0 Å². The van der Waals surface area contributed by atoms with Gasteiger partial charge in [-0.25, -0.2) is 0 Å². The second-order valence-electron chi connectivity index (χ2n) is 5.44. The molecule has 132 valence electrons. The van der Waals surface area contributed by atoms with Crippen molar-refractivity contribution in [1.29, 1.82) is 0 Å². The van der Waals surface area contributed by atoms with Crippen LogP contribution in [0.1, 0.15) is 11.1 Å². The molecular weight excluding hydrogens is 318 g/mol. The number of nitrogens with one attached hydrogen (secondary N) is 3. The van der Waals surface area contributed by atoms with Crippen LogP contribution < -0.4 is 25.6 Å². The highest BCUT2D eigenvalue weighted by Gasteiger charge is 2.08. The number of carbonyl (C=O) groups excluding carboxylic acids is 1. The highest BCUT2D eigenvalue weighted by Crippen LogP contribution is 2.29. The number of ether oxygens (including phenoxy) is 2. The van der Waals surface area contributed by atoms with Gasteiger partial charge in [0, 0.05) is 11.3 Å². The summed E-state index contributed by atoms with van der Waals surface area (Å²) in [5.74, 6) is 1.02. The van der Waals surface area contributed by atoms with Gasteiger partial charge in [-0.3, -0.25) is 15.6 Å². The number of hydrazine groups is 1. The maximum atomic E-state index is 11.9. The van der Waals surface area contributed by atoms with E-state index in [9.17, 15) is 4.79 Å². The molecule has 6 nitrogen and oxygen atoms in total.